The van der Waals surface area contributed by atoms with E-state index in [1.54, 1.807) is 31.4 Å². The third-order valence-corrected chi connectivity index (χ3v) is 5.53. The number of rotatable bonds is 11. The molecule has 0 aliphatic carbocycles. The van der Waals surface area contributed by atoms with Gasteiger partial charge in [0.15, 0.2) is 0 Å². The number of amides is 1. The summed E-state index contributed by atoms with van der Waals surface area (Å²) in [6.45, 7) is 5.03. The number of hydroxylamine groups is 1. The van der Waals surface area contributed by atoms with Crippen molar-refractivity contribution in [1.29, 1.82) is 0 Å². The van der Waals surface area contributed by atoms with Crippen LogP contribution in [0.15, 0.2) is 54.6 Å². The fourth-order valence-electron chi connectivity index (χ4n) is 3.84. The van der Waals surface area contributed by atoms with Crippen molar-refractivity contribution in [1.82, 2.24) is 10.2 Å². The second-order valence-electron chi connectivity index (χ2n) is 7.79. The van der Waals surface area contributed by atoms with Crippen molar-refractivity contribution in [2.45, 2.75) is 31.9 Å². The molecule has 0 saturated carbocycles. The van der Waals surface area contributed by atoms with Crippen molar-refractivity contribution >= 4 is 11.6 Å². The zero-order valence-electron chi connectivity index (χ0n) is 18.4. The summed E-state index contributed by atoms with van der Waals surface area (Å²) < 4.78 is 10.8. The molecule has 7 heteroatoms. The predicted octanol–water partition coefficient (Wildman–Crippen LogP) is 3.46. The highest BCUT2D eigenvalue weighted by molar-refractivity contribution is 5.94. The lowest BCUT2D eigenvalue weighted by Crippen LogP contribution is -2.36. The van der Waals surface area contributed by atoms with E-state index >= 15 is 0 Å². The number of ether oxygens (including phenoxy) is 2. The van der Waals surface area contributed by atoms with E-state index in [9.17, 15) is 10.0 Å². The lowest BCUT2D eigenvalue weighted by molar-refractivity contribution is -0.0680. The summed E-state index contributed by atoms with van der Waals surface area (Å²) in [5, 5.41) is 15.0. The van der Waals surface area contributed by atoms with E-state index in [4.69, 9.17) is 9.47 Å². The van der Waals surface area contributed by atoms with Gasteiger partial charge >= 0.3 is 0 Å². The van der Waals surface area contributed by atoms with Crippen molar-refractivity contribution in [3.8, 4) is 0 Å². The second kappa shape index (κ2) is 11.8. The van der Waals surface area contributed by atoms with Crippen LogP contribution in [0, 0.1) is 0 Å². The van der Waals surface area contributed by atoms with Crippen molar-refractivity contribution in [2.24, 2.45) is 0 Å². The normalized spacial score (nSPS) is 17.5. The Bertz CT molecular complexity index is 800. The quantitative estimate of drug-likeness (QED) is 0.423. The van der Waals surface area contributed by atoms with Crippen molar-refractivity contribution in [3.63, 3.8) is 0 Å². The van der Waals surface area contributed by atoms with E-state index in [-0.39, 0.29) is 18.1 Å². The van der Waals surface area contributed by atoms with Gasteiger partial charge in [-0.05, 0) is 42.7 Å². The third kappa shape index (κ3) is 6.51. The summed E-state index contributed by atoms with van der Waals surface area (Å²) in [5.41, 5.74) is 2.38. The van der Waals surface area contributed by atoms with Gasteiger partial charge in [-0.3, -0.25) is 20.0 Å². The summed E-state index contributed by atoms with van der Waals surface area (Å²) >= 11 is 0. The van der Waals surface area contributed by atoms with E-state index in [0.29, 0.717) is 31.1 Å². The zero-order valence-corrected chi connectivity index (χ0v) is 18.4. The van der Waals surface area contributed by atoms with Gasteiger partial charge < -0.3 is 14.8 Å². The molecule has 1 heterocycles. The van der Waals surface area contributed by atoms with Crippen LogP contribution in [0.25, 0.3) is 0 Å². The minimum atomic E-state index is -0.0979. The maximum atomic E-state index is 12.1. The van der Waals surface area contributed by atoms with Crippen LogP contribution in [0.3, 0.4) is 0 Å². The van der Waals surface area contributed by atoms with Crippen LogP contribution in [-0.4, -0.2) is 62.2 Å². The highest BCUT2D eigenvalue weighted by Gasteiger charge is 2.31. The monoisotopic (exact) mass is 427 g/mol. The van der Waals surface area contributed by atoms with Crippen molar-refractivity contribution < 1.29 is 19.5 Å². The van der Waals surface area contributed by atoms with Gasteiger partial charge in [-0.25, -0.2) is 0 Å². The van der Waals surface area contributed by atoms with E-state index in [1.807, 2.05) is 25.1 Å². The van der Waals surface area contributed by atoms with E-state index < -0.39 is 0 Å². The van der Waals surface area contributed by atoms with E-state index in [1.165, 1.54) is 5.06 Å². The number of benzene rings is 2. The first-order valence-electron chi connectivity index (χ1n) is 10.9. The van der Waals surface area contributed by atoms with E-state index in [2.05, 4.69) is 22.3 Å². The molecule has 2 atom stereocenters. The maximum absolute atomic E-state index is 12.1. The first kappa shape index (κ1) is 23.2. The van der Waals surface area contributed by atoms with Gasteiger partial charge in [0, 0.05) is 32.3 Å². The molecule has 2 aromatic carbocycles. The summed E-state index contributed by atoms with van der Waals surface area (Å²) in [6.07, 6.45) is 1.95. The summed E-state index contributed by atoms with van der Waals surface area (Å²) in [6, 6.07) is 17.2. The molecule has 0 bridgehead atoms. The Hall–Kier alpha value is -2.45. The number of carbonyl (C=O) groups is 1. The largest absolute Gasteiger partial charge is 0.359 e. The summed E-state index contributed by atoms with van der Waals surface area (Å²) in [4.78, 5) is 14.5. The number of hydrogen-bond acceptors (Lipinski definition) is 6. The van der Waals surface area contributed by atoms with Gasteiger partial charge in [-0.1, -0.05) is 37.3 Å². The molecule has 1 aliphatic rings. The van der Waals surface area contributed by atoms with Crippen LogP contribution in [0.5, 0.6) is 0 Å². The molecule has 0 spiro atoms. The fraction of sp³-hybridized carbons (Fsp3) is 0.458. The van der Waals surface area contributed by atoms with Crippen LogP contribution >= 0.6 is 0 Å². The highest BCUT2D eigenvalue weighted by Crippen LogP contribution is 2.28. The molecule has 0 aromatic heterocycles. The predicted molar refractivity (Wildman–Crippen MR) is 120 cm³/mol. The molecular weight excluding hydrogens is 394 g/mol. The van der Waals surface area contributed by atoms with Gasteiger partial charge in [0.2, 0.25) is 0 Å². The molecular formula is C24H33N3O4. The number of methoxy groups -OCH3 is 1. The Morgan fingerprint density at radius 2 is 1.97 bits per heavy atom. The number of anilines is 1. The van der Waals surface area contributed by atoms with Gasteiger partial charge in [0.25, 0.3) is 5.91 Å². The molecule has 31 heavy (non-hydrogen) atoms. The average Bonchev–Trinajstić information content (AvgIpc) is 3.28. The molecule has 1 amide bonds. The number of nitrogens with zero attached hydrogens (tertiary/aromatic N) is 2. The van der Waals surface area contributed by atoms with Crippen LogP contribution in [0.2, 0.25) is 0 Å². The Morgan fingerprint density at radius 1 is 1.23 bits per heavy atom. The lowest BCUT2D eigenvalue weighted by atomic mass is 10.1. The average molecular weight is 428 g/mol. The number of hydrogen-bond donors (Lipinski definition) is 2. The molecule has 2 aromatic rings. The molecule has 2 N–H and O–H groups in total. The molecule has 3 rings (SSSR count). The Kier molecular flexibility index (Phi) is 8.85. The van der Waals surface area contributed by atoms with E-state index in [0.717, 1.165) is 31.5 Å². The number of likely N-dealkylation sites (tertiary alicyclic amines) is 1. The first-order chi connectivity index (χ1) is 15.1. The second-order valence-corrected chi connectivity index (χ2v) is 7.79. The van der Waals surface area contributed by atoms with Crippen molar-refractivity contribution in [3.05, 3.63) is 65.7 Å². The van der Waals surface area contributed by atoms with Crippen LogP contribution in [0.4, 0.5) is 5.69 Å². The molecule has 168 valence electrons. The SMILES string of the molecule is CCCNC(=O)c1ccc(N(O)C[C@@H](c2ccccc2)N2CC[C@H](OCOC)C2)cc1. The molecule has 7 nitrogen and oxygen atoms in total. The summed E-state index contributed by atoms with van der Waals surface area (Å²) in [7, 11) is 1.63. The maximum Gasteiger partial charge on any atom is 0.251 e. The Morgan fingerprint density at radius 3 is 2.65 bits per heavy atom. The highest BCUT2D eigenvalue weighted by atomic mass is 16.7. The van der Waals surface area contributed by atoms with Gasteiger partial charge in [-0.2, -0.15) is 0 Å². The molecule has 1 fully saturated rings. The van der Waals surface area contributed by atoms with Crippen LogP contribution < -0.4 is 10.4 Å². The molecule has 1 aliphatic heterocycles. The molecule has 0 radical (unpaired) electrons. The standard InChI is InChI=1S/C24H33N3O4/c1-3-14-25-24(28)20-9-11-21(12-10-20)27(29)17-23(19-7-5-4-6-8-19)26-15-13-22(16-26)31-18-30-2/h4-12,22-23,29H,3,13-18H2,1-2H3,(H,25,28)/t22-,23-/m0/s1. The number of carbonyl (C=O) groups excluding carboxylic acids is 1. The van der Waals surface area contributed by atoms with Crippen molar-refractivity contribution in [2.75, 3.05) is 45.1 Å². The minimum absolute atomic E-state index is 0.00914. The fourth-order valence-corrected chi connectivity index (χ4v) is 3.84. The lowest BCUT2D eigenvalue weighted by Gasteiger charge is -2.31. The molecule has 0 unspecified atom stereocenters. The van der Waals surface area contributed by atoms with Gasteiger partial charge in [0.1, 0.15) is 6.79 Å². The van der Waals surface area contributed by atoms with Crippen LogP contribution in [-0.2, 0) is 9.47 Å². The Balaban J connectivity index is 1.69. The zero-order chi connectivity index (χ0) is 22.1. The smallest absolute Gasteiger partial charge is 0.251 e. The van der Waals surface area contributed by atoms with Crippen LogP contribution in [0.1, 0.15) is 41.7 Å². The third-order valence-electron chi connectivity index (χ3n) is 5.53. The topological polar surface area (TPSA) is 74.3 Å². The first-order valence-corrected chi connectivity index (χ1v) is 10.9. The number of nitrogens with one attached hydrogen (secondary N) is 1. The molecule has 1 saturated heterocycles. The van der Waals surface area contributed by atoms with Gasteiger partial charge in [0.05, 0.1) is 24.4 Å². The van der Waals surface area contributed by atoms with Gasteiger partial charge in [-0.15, -0.1) is 0 Å². The Labute approximate surface area is 184 Å². The summed E-state index contributed by atoms with van der Waals surface area (Å²) in [5.74, 6) is -0.0979. The minimum Gasteiger partial charge on any atom is -0.359 e.